The average molecular weight is 502 g/mol. The molecule has 1 amide bonds. The number of thiocarbonyl (C=S) groups is 1. The van der Waals surface area contributed by atoms with Crippen molar-refractivity contribution >= 4 is 34.6 Å². The van der Waals surface area contributed by atoms with E-state index in [1.54, 1.807) is 18.3 Å². The molecule has 7 nitrogen and oxygen atoms in total. The van der Waals surface area contributed by atoms with Crippen molar-refractivity contribution in [2.45, 2.75) is 12.1 Å². The van der Waals surface area contributed by atoms with Gasteiger partial charge in [-0.25, -0.2) is 4.39 Å². The molecular formula is C27H24FN5O2S. The van der Waals surface area contributed by atoms with Crippen LogP contribution in [-0.2, 0) is 9.53 Å². The number of nitrogens with zero attached hydrogens (tertiary/aromatic N) is 3. The summed E-state index contributed by atoms with van der Waals surface area (Å²) in [5.41, 5.74) is 3.58. The van der Waals surface area contributed by atoms with Crippen molar-refractivity contribution < 1.29 is 13.9 Å². The van der Waals surface area contributed by atoms with Gasteiger partial charge in [0.25, 0.3) is 0 Å². The molecule has 4 aromatic rings. The van der Waals surface area contributed by atoms with Crippen LogP contribution in [0, 0.1) is 5.82 Å². The fraction of sp³-hybridized carbons (Fsp3) is 0.148. The van der Waals surface area contributed by atoms with Crippen molar-refractivity contribution in [2.75, 3.05) is 23.9 Å². The number of amides is 1. The molecule has 2 aromatic heterocycles. The summed E-state index contributed by atoms with van der Waals surface area (Å²) < 4.78 is 21.5. The van der Waals surface area contributed by atoms with Crippen molar-refractivity contribution in [3.05, 3.63) is 108 Å². The predicted octanol–water partition coefficient (Wildman–Crippen LogP) is 4.77. The Bertz CT molecular complexity index is 1380. The van der Waals surface area contributed by atoms with E-state index in [9.17, 15) is 9.18 Å². The Labute approximate surface area is 213 Å². The number of anilines is 2. The first-order valence-corrected chi connectivity index (χ1v) is 11.8. The maximum absolute atomic E-state index is 14.8. The molecule has 9 heteroatoms. The molecule has 0 spiro atoms. The van der Waals surface area contributed by atoms with E-state index in [0.717, 1.165) is 17.1 Å². The van der Waals surface area contributed by atoms with Gasteiger partial charge in [0.15, 0.2) is 5.11 Å². The van der Waals surface area contributed by atoms with E-state index in [2.05, 4.69) is 15.6 Å². The second kappa shape index (κ2) is 10.3. The van der Waals surface area contributed by atoms with Gasteiger partial charge in [0.1, 0.15) is 18.5 Å². The zero-order valence-electron chi connectivity index (χ0n) is 19.5. The zero-order chi connectivity index (χ0) is 25.1. The van der Waals surface area contributed by atoms with E-state index >= 15 is 0 Å². The number of hydrogen-bond acceptors (Lipinski definition) is 4. The van der Waals surface area contributed by atoms with E-state index in [0.29, 0.717) is 16.5 Å². The molecule has 2 N–H and O–H groups in total. The van der Waals surface area contributed by atoms with Crippen LogP contribution < -0.4 is 15.5 Å². The Morgan fingerprint density at radius 1 is 1.08 bits per heavy atom. The minimum atomic E-state index is -0.323. The molecule has 1 fully saturated rings. The maximum atomic E-state index is 14.8. The molecule has 36 heavy (non-hydrogen) atoms. The lowest BCUT2D eigenvalue weighted by Gasteiger charge is -2.29. The molecule has 0 radical (unpaired) electrons. The number of hydrogen-bond donors (Lipinski definition) is 2. The number of aromatic nitrogens is 2. The quantitative estimate of drug-likeness (QED) is 0.356. The third-order valence-corrected chi connectivity index (χ3v) is 6.31. The predicted molar refractivity (Wildman–Crippen MR) is 141 cm³/mol. The monoisotopic (exact) mass is 501 g/mol. The van der Waals surface area contributed by atoms with Gasteiger partial charge in [-0.05, 0) is 72.9 Å². The van der Waals surface area contributed by atoms with Gasteiger partial charge in [-0.3, -0.25) is 9.78 Å². The standard InChI is InChI=1S/C27H24FN5O2S/c1-35-17-24(34)30-18-11-13-19(14-12-18)33-26(25(31-27(33)36)21-8-4-5-15-29-21)23-10-6-16-32(23)22-9-3-2-7-20(22)28/h2-16,25-26H,17H2,1H3,(H,30,34)(H,31,36)/t25-,26-/m1/s1. The number of nitrogens with one attached hydrogen (secondary N) is 2. The van der Waals surface area contributed by atoms with E-state index in [1.165, 1.54) is 13.2 Å². The van der Waals surface area contributed by atoms with Crippen molar-refractivity contribution in [3.8, 4) is 5.69 Å². The van der Waals surface area contributed by atoms with Crippen molar-refractivity contribution in [3.63, 3.8) is 0 Å². The second-order valence-electron chi connectivity index (χ2n) is 8.28. The molecule has 182 valence electrons. The van der Waals surface area contributed by atoms with Crippen molar-refractivity contribution in [2.24, 2.45) is 0 Å². The summed E-state index contributed by atoms with van der Waals surface area (Å²) in [6.07, 6.45) is 3.59. The topological polar surface area (TPSA) is 71.4 Å². The van der Waals surface area contributed by atoms with Crippen LogP contribution in [0.15, 0.2) is 91.3 Å². The Kier molecular flexibility index (Phi) is 6.75. The molecule has 0 saturated carbocycles. The van der Waals surface area contributed by atoms with Gasteiger partial charge < -0.3 is 24.8 Å². The third-order valence-electron chi connectivity index (χ3n) is 6.00. The fourth-order valence-electron chi connectivity index (χ4n) is 4.47. The highest BCUT2D eigenvalue weighted by Gasteiger charge is 2.42. The number of pyridine rings is 1. The number of rotatable bonds is 7. The van der Waals surface area contributed by atoms with Gasteiger partial charge in [0, 0.05) is 36.6 Å². The van der Waals surface area contributed by atoms with E-state index in [-0.39, 0.29) is 30.4 Å². The Balaban J connectivity index is 1.57. The lowest BCUT2D eigenvalue weighted by atomic mass is 10.0. The van der Waals surface area contributed by atoms with Crippen molar-refractivity contribution in [1.82, 2.24) is 14.9 Å². The summed E-state index contributed by atoms with van der Waals surface area (Å²) in [4.78, 5) is 18.5. The van der Waals surface area contributed by atoms with Gasteiger partial charge >= 0.3 is 0 Å². The average Bonchev–Trinajstić information content (AvgIpc) is 3.50. The van der Waals surface area contributed by atoms with Crippen LogP contribution >= 0.6 is 12.2 Å². The number of benzene rings is 2. The highest BCUT2D eigenvalue weighted by Crippen LogP contribution is 2.42. The summed E-state index contributed by atoms with van der Waals surface area (Å²) >= 11 is 5.79. The molecule has 0 bridgehead atoms. The van der Waals surface area contributed by atoms with Gasteiger partial charge in [0.2, 0.25) is 5.91 Å². The Hall–Kier alpha value is -4.08. The van der Waals surface area contributed by atoms with Gasteiger partial charge in [-0.15, -0.1) is 0 Å². The van der Waals surface area contributed by atoms with Crippen molar-refractivity contribution in [1.29, 1.82) is 0 Å². The van der Waals surface area contributed by atoms with Crippen LogP contribution in [0.5, 0.6) is 0 Å². The van der Waals surface area contributed by atoms with Gasteiger partial charge in [0.05, 0.1) is 17.4 Å². The second-order valence-corrected chi connectivity index (χ2v) is 8.67. The van der Waals surface area contributed by atoms with E-state index in [1.807, 2.05) is 76.3 Å². The van der Waals surface area contributed by atoms with Crippen LogP contribution in [-0.4, -0.2) is 34.3 Å². The van der Waals surface area contributed by atoms with Crippen LogP contribution in [0.2, 0.25) is 0 Å². The van der Waals surface area contributed by atoms with Crippen LogP contribution in [0.4, 0.5) is 15.8 Å². The molecule has 2 aromatic carbocycles. The summed E-state index contributed by atoms with van der Waals surface area (Å²) in [5, 5.41) is 6.73. The summed E-state index contributed by atoms with van der Waals surface area (Å²) in [6.45, 7) is -0.0251. The molecule has 0 aliphatic carbocycles. The summed E-state index contributed by atoms with van der Waals surface area (Å²) in [5.74, 6) is -0.556. The summed E-state index contributed by atoms with van der Waals surface area (Å²) in [7, 11) is 1.47. The molecule has 5 rings (SSSR count). The minimum Gasteiger partial charge on any atom is -0.375 e. The Morgan fingerprint density at radius 2 is 1.86 bits per heavy atom. The summed E-state index contributed by atoms with van der Waals surface area (Å²) in [6, 6.07) is 23.1. The minimum absolute atomic E-state index is 0.0251. The van der Waals surface area contributed by atoms with E-state index < -0.39 is 0 Å². The molecule has 2 atom stereocenters. The molecule has 0 unspecified atom stereocenters. The molecular weight excluding hydrogens is 477 g/mol. The number of para-hydroxylation sites is 1. The zero-order valence-corrected chi connectivity index (χ0v) is 20.3. The lowest BCUT2D eigenvalue weighted by molar-refractivity contribution is -0.119. The largest absolute Gasteiger partial charge is 0.375 e. The molecule has 1 saturated heterocycles. The number of carbonyl (C=O) groups is 1. The van der Waals surface area contributed by atoms with Gasteiger partial charge in [-0.1, -0.05) is 18.2 Å². The lowest BCUT2D eigenvalue weighted by Crippen LogP contribution is -2.30. The fourth-order valence-corrected chi connectivity index (χ4v) is 4.81. The number of ether oxygens (including phenoxy) is 1. The van der Waals surface area contributed by atoms with Crippen LogP contribution in [0.25, 0.3) is 5.69 Å². The number of carbonyl (C=O) groups excluding carboxylic acids is 1. The van der Waals surface area contributed by atoms with Crippen LogP contribution in [0.1, 0.15) is 23.5 Å². The van der Waals surface area contributed by atoms with Gasteiger partial charge in [-0.2, -0.15) is 0 Å². The molecule has 1 aliphatic rings. The highest BCUT2D eigenvalue weighted by atomic mass is 32.1. The van der Waals surface area contributed by atoms with Crippen LogP contribution in [0.3, 0.4) is 0 Å². The first kappa shape index (κ1) is 23.7. The maximum Gasteiger partial charge on any atom is 0.250 e. The molecule has 1 aliphatic heterocycles. The first-order valence-electron chi connectivity index (χ1n) is 11.4. The molecule has 3 heterocycles. The third kappa shape index (κ3) is 4.58. The Morgan fingerprint density at radius 3 is 2.58 bits per heavy atom. The SMILES string of the molecule is COCC(=O)Nc1ccc(N2C(=S)N[C@H](c3ccccn3)[C@H]2c2cccn2-c2ccccc2F)cc1. The normalized spacial score (nSPS) is 17.2. The van der Waals surface area contributed by atoms with E-state index in [4.69, 9.17) is 17.0 Å². The number of halogens is 1. The first-order chi connectivity index (χ1) is 17.6. The number of methoxy groups -OCH3 is 1. The highest BCUT2D eigenvalue weighted by molar-refractivity contribution is 7.80. The smallest absolute Gasteiger partial charge is 0.250 e.